The van der Waals surface area contributed by atoms with Crippen LogP contribution in [0.4, 0.5) is 0 Å². The summed E-state index contributed by atoms with van der Waals surface area (Å²) >= 11 is 1.89. The summed E-state index contributed by atoms with van der Waals surface area (Å²) in [6, 6.07) is 5.45. The van der Waals surface area contributed by atoms with Crippen molar-refractivity contribution in [1.82, 2.24) is 0 Å². The van der Waals surface area contributed by atoms with E-state index in [-0.39, 0.29) is 0 Å². The van der Waals surface area contributed by atoms with E-state index >= 15 is 0 Å². The molecule has 0 aliphatic rings. The van der Waals surface area contributed by atoms with Gasteiger partial charge in [0, 0.05) is 30.7 Å². The van der Waals surface area contributed by atoms with Crippen molar-refractivity contribution in [3.8, 4) is 0 Å². The van der Waals surface area contributed by atoms with Gasteiger partial charge in [-0.05, 0) is 43.0 Å². The molecule has 0 aliphatic carbocycles. The van der Waals surface area contributed by atoms with Crippen LogP contribution in [-0.4, -0.2) is 28.6 Å². The molecule has 1 aromatic rings. The molecule has 0 saturated carbocycles. The van der Waals surface area contributed by atoms with E-state index in [0.29, 0.717) is 5.92 Å². The summed E-state index contributed by atoms with van der Waals surface area (Å²) in [5, 5.41) is 2.22. The SMILES string of the molecule is CCCCCCCCCCCCCCCCO[Si](CCC(C)c1cccs1)(OCCCCCCCCCCCCCCCC)OCCCCCCCCCCCCCCCC. The Hall–Kier alpha value is -0.203. The zero-order valence-electron chi connectivity index (χ0n) is 42.2. The molecule has 1 aromatic heterocycles. The lowest BCUT2D eigenvalue weighted by molar-refractivity contribution is 0.0544. The molecular formula is C56H110O3SSi. The van der Waals surface area contributed by atoms with Crippen LogP contribution in [-0.2, 0) is 13.3 Å². The van der Waals surface area contributed by atoms with Crippen molar-refractivity contribution >= 4 is 20.1 Å². The van der Waals surface area contributed by atoms with E-state index in [0.717, 1.165) is 51.5 Å². The Morgan fingerprint density at radius 1 is 0.377 bits per heavy atom. The summed E-state index contributed by atoms with van der Waals surface area (Å²) < 4.78 is 20.8. The predicted octanol–water partition coefficient (Wildman–Crippen LogP) is 20.7. The molecule has 0 fully saturated rings. The molecule has 1 heterocycles. The van der Waals surface area contributed by atoms with Gasteiger partial charge in [0.2, 0.25) is 0 Å². The highest BCUT2D eigenvalue weighted by atomic mass is 32.1. The summed E-state index contributed by atoms with van der Waals surface area (Å²) in [5.41, 5.74) is 0. The normalized spacial score (nSPS) is 12.5. The van der Waals surface area contributed by atoms with Crippen molar-refractivity contribution in [2.45, 2.75) is 316 Å². The predicted molar refractivity (Wildman–Crippen MR) is 277 cm³/mol. The van der Waals surface area contributed by atoms with Gasteiger partial charge >= 0.3 is 8.80 Å². The first-order valence-electron chi connectivity index (χ1n) is 28.1. The van der Waals surface area contributed by atoms with Gasteiger partial charge in [0.15, 0.2) is 0 Å². The second-order valence-corrected chi connectivity index (χ2v) is 23.2. The maximum Gasteiger partial charge on any atom is 0.500 e. The maximum absolute atomic E-state index is 6.94. The van der Waals surface area contributed by atoms with Gasteiger partial charge in [-0.1, -0.05) is 284 Å². The molecule has 1 unspecified atom stereocenters. The fraction of sp³-hybridized carbons (Fsp3) is 0.929. The third-order valence-electron chi connectivity index (χ3n) is 13.4. The molecule has 0 saturated heterocycles. The van der Waals surface area contributed by atoms with Gasteiger partial charge in [0.25, 0.3) is 0 Å². The molecule has 0 aromatic carbocycles. The molecule has 362 valence electrons. The van der Waals surface area contributed by atoms with Crippen LogP contribution in [0.15, 0.2) is 17.5 Å². The Balaban J connectivity index is 2.53. The summed E-state index contributed by atoms with van der Waals surface area (Å²) in [5.74, 6) is 0.519. The van der Waals surface area contributed by atoms with Gasteiger partial charge < -0.3 is 13.3 Å². The molecule has 0 aliphatic heterocycles. The van der Waals surface area contributed by atoms with Crippen molar-refractivity contribution in [2.24, 2.45) is 0 Å². The van der Waals surface area contributed by atoms with E-state index in [1.807, 2.05) is 11.3 Å². The molecular weight excluding hydrogens is 781 g/mol. The van der Waals surface area contributed by atoms with Crippen LogP contribution in [0.5, 0.6) is 0 Å². The van der Waals surface area contributed by atoms with Crippen LogP contribution in [0.25, 0.3) is 0 Å². The van der Waals surface area contributed by atoms with Gasteiger partial charge in [-0.15, -0.1) is 11.3 Å². The topological polar surface area (TPSA) is 27.7 Å². The molecule has 0 bridgehead atoms. The first-order valence-corrected chi connectivity index (χ1v) is 30.9. The highest BCUT2D eigenvalue weighted by Gasteiger charge is 2.41. The standard InChI is InChI=1S/C56H110O3SSi/c1-5-8-11-14-17-20-23-26-29-32-35-38-41-44-50-57-61(54-49-55(4)56-48-47-53-60-56,58-51-45-42-39-36-33-30-27-24-21-18-15-12-9-6-2)59-52-46-43-40-37-34-31-28-25-22-19-16-13-10-7-3/h47-48,53,55H,5-46,49-52,54H2,1-4H3. The van der Waals surface area contributed by atoms with Crippen molar-refractivity contribution in [1.29, 1.82) is 0 Å². The summed E-state index contributed by atoms with van der Waals surface area (Å²) in [7, 11) is -2.78. The van der Waals surface area contributed by atoms with Gasteiger partial charge in [-0.3, -0.25) is 0 Å². The molecule has 0 radical (unpaired) electrons. The average Bonchev–Trinajstić information content (AvgIpc) is 3.82. The Morgan fingerprint density at radius 3 is 0.852 bits per heavy atom. The van der Waals surface area contributed by atoms with Crippen molar-refractivity contribution < 1.29 is 13.3 Å². The van der Waals surface area contributed by atoms with Crippen LogP contribution in [0.2, 0.25) is 6.04 Å². The molecule has 61 heavy (non-hydrogen) atoms. The average molecular weight is 892 g/mol. The van der Waals surface area contributed by atoms with E-state index in [4.69, 9.17) is 13.3 Å². The minimum absolute atomic E-state index is 0.519. The molecule has 1 rings (SSSR count). The molecule has 0 amide bonds. The van der Waals surface area contributed by atoms with Crippen molar-refractivity contribution in [2.75, 3.05) is 19.8 Å². The lowest BCUT2D eigenvalue weighted by Gasteiger charge is -2.31. The molecule has 0 spiro atoms. The number of rotatable bonds is 52. The summed E-state index contributed by atoms with van der Waals surface area (Å²) in [6.07, 6.45) is 59.2. The van der Waals surface area contributed by atoms with Gasteiger partial charge in [-0.2, -0.15) is 0 Å². The van der Waals surface area contributed by atoms with E-state index in [1.165, 1.54) is 255 Å². The third kappa shape index (κ3) is 39.9. The Morgan fingerprint density at radius 2 is 0.623 bits per heavy atom. The van der Waals surface area contributed by atoms with Gasteiger partial charge in [0.05, 0.1) is 0 Å². The lowest BCUT2D eigenvalue weighted by Crippen LogP contribution is -2.47. The second kappa shape index (κ2) is 47.8. The van der Waals surface area contributed by atoms with Gasteiger partial charge in [-0.25, -0.2) is 0 Å². The number of hydrogen-bond acceptors (Lipinski definition) is 4. The number of thiophene rings is 1. The first kappa shape index (κ1) is 58.8. The maximum atomic E-state index is 6.94. The van der Waals surface area contributed by atoms with E-state index < -0.39 is 8.80 Å². The fourth-order valence-electron chi connectivity index (χ4n) is 9.02. The minimum atomic E-state index is -2.78. The number of unbranched alkanes of at least 4 members (excludes halogenated alkanes) is 39. The zero-order valence-corrected chi connectivity index (χ0v) is 44.0. The Bertz CT molecular complexity index is 857. The second-order valence-electron chi connectivity index (χ2n) is 19.5. The highest BCUT2D eigenvalue weighted by Crippen LogP contribution is 2.30. The van der Waals surface area contributed by atoms with E-state index in [9.17, 15) is 0 Å². The smallest absolute Gasteiger partial charge is 0.373 e. The molecule has 5 heteroatoms. The Labute approximate surface area is 389 Å². The summed E-state index contributed by atoms with van der Waals surface area (Å²) in [4.78, 5) is 1.48. The zero-order chi connectivity index (χ0) is 43.8. The molecule has 3 nitrogen and oxygen atoms in total. The van der Waals surface area contributed by atoms with Crippen LogP contribution >= 0.6 is 11.3 Å². The highest BCUT2D eigenvalue weighted by molar-refractivity contribution is 7.10. The van der Waals surface area contributed by atoms with Crippen LogP contribution in [0.3, 0.4) is 0 Å². The van der Waals surface area contributed by atoms with E-state index in [2.05, 4.69) is 45.2 Å². The van der Waals surface area contributed by atoms with Crippen molar-refractivity contribution in [3.05, 3.63) is 22.4 Å². The quantitative estimate of drug-likeness (QED) is 0.0482. The number of hydrogen-bond donors (Lipinski definition) is 0. The Kier molecular flexibility index (Phi) is 46.0. The third-order valence-corrected chi connectivity index (χ3v) is 17.3. The fourth-order valence-corrected chi connectivity index (χ4v) is 12.7. The van der Waals surface area contributed by atoms with Crippen molar-refractivity contribution in [3.63, 3.8) is 0 Å². The van der Waals surface area contributed by atoms with Crippen LogP contribution < -0.4 is 0 Å². The van der Waals surface area contributed by atoms with E-state index in [1.54, 1.807) is 0 Å². The summed E-state index contributed by atoms with van der Waals surface area (Å²) in [6.45, 7) is 11.7. The van der Waals surface area contributed by atoms with Crippen LogP contribution in [0, 0.1) is 0 Å². The first-order chi connectivity index (χ1) is 30.2. The molecule has 1 atom stereocenters. The minimum Gasteiger partial charge on any atom is -0.373 e. The monoisotopic (exact) mass is 891 g/mol. The van der Waals surface area contributed by atoms with Crippen LogP contribution in [0.1, 0.15) is 315 Å². The van der Waals surface area contributed by atoms with Gasteiger partial charge in [0.1, 0.15) is 0 Å². The largest absolute Gasteiger partial charge is 0.500 e. The molecule has 0 N–H and O–H groups in total. The lowest BCUT2D eigenvalue weighted by atomic mass is 10.0.